The van der Waals surface area contributed by atoms with E-state index in [0.717, 1.165) is 30.7 Å². The van der Waals surface area contributed by atoms with Crippen molar-refractivity contribution in [2.75, 3.05) is 20.2 Å². The van der Waals surface area contributed by atoms with Crippen LogP contribution in [-0.2, 0) is 22.1 Å². The molecule has 0 aromatic heterocycles. The number of rotatable bonds is 3. The summed E-state index contributed by atoms with van der Waals surface area (Å²) in [6.07, 6.45) is -2.93. The van der Waals surface area contributed by atoms with Crippen molar-refractivity contribution >= 4 is 5.97 Å². The van der Waals surface area contributed by atoms with Crippen LogP contribution >= 0.6 is 0 Å². The number of hydrogen-bond acceptors (Lipinski definition) is 3. The summed E-state index contributed by atoms with van der Waals surface area (Å²) in [5.74, 6) is -0.416. The summed E-state index contributed by atoms with van der Waals surface area (Å²) in [4.78, 5) is 11.7. The lowest BCUT2D eigenvalue weighted by atomic mass is 9.82. The van der Waals surface area contributed by atoms with Gasteiger partial charge in [0.1, 0.15) is 0 Å². The third kappa shape index (κ3) is 3.97. The van der Waals surface area contributed by atoms with Crippen LogP contribution in [0.3, 0.4) is 0 Å². The molecule has 1 heterocycles. The van der Waals surface area contributed by atoms with E-state index < -0.39 is 11.7 Å². The molecule has 0 unspecified atom stereocenters. The Labute approximate surface area is 121 Å². The van der Waals surface area contributed by atoms with E-state index in [1.807, 2.05) is 0 Å². The zero-order valence-corrected chi connectivity index (χ0v) is 11.7. The molecule has 2 atom stereocenters. The fourth-order valence-electron chi connectivity index (χ4n) is 2.72. The first-order chi connectivity index (χ1) is 9.91. The van der Waals surface area contributed by atoms with Crippen molar-refractivity contribution in [3.8, 4) is 0 Å². The summed E-state index contributed by atoms with van der Waals surface area (Å²) in [6, 6.07) is 5.14. The quantitative estimate of drug-likeness (QED) is 0.872. The molecule has 0 aliphatic carbocycles. The lowest BCUT2D eigenvalue weighted by Crippen LogP contribution is -2.42. The van der Waals surface area contributed by atoms with Crippen LogP contribution in [0.2, 0.25) is 0 Å². The molecule has 0 bridgehead atoms. The van der Waals surface area contributed by atoms with Crippen molar-refractivity contribution in [3.63, 3.8) is 0 Å². The van der Waals surface area contributed by atoms with Gasteiger partial charge >= 0.3 is 12.1 Å². The van der Waals surface area contributed by atoms with Crippen LogP contribution < -0.4 is 5.32 Å². The maximum Gasteiger partial charge on any atom is 0.416 e. The van der Waals surface area contributed by atoms with Crippen molar-refractivity contribution in [2.45, 2.75) is 19.0 Å². The molecule has 0 radical (unpaired) electrons. The highest BCUT2D eigenvalue weighted by Crippen LogP contribution is 2.30. The molecule has 0 saturated carbocycles. The maximum atomic E-state index is 12.5. The lowest BCUT2D eigenvalue weighted by Gasteiger charge is -2.30. The number of benzene rings is 1. The number of piperidine rings is 1. The van der Waals surface area contributed by atoms with Gasteiger partial charge in [-0.3, -0.25) is 4.79 Å². The molecule has 21 heavy (non-hydrogen) atoms. The van der Waals surface area contributed by atoms with E-state index in [-0.39, 0.29) is 17.8 Å². The average Bonchev–Trinajstić information content (AvgIpc) is 2.46. The first kappa shape index (κ1) is 15.8. The van der Waals surface area contributed by atoms with Crippen molar-refractivity contribution in [3.05, 3.63) is 35.4 Å². The van der Waals surface area contributed by atoms with Crippen LogP contribution in [0.4, 0.5) is 13.2 Å². The summed E-state index contributed by atoms with van der Waals surface area (Å²) in [6.45, 7) is 1.36. The standard InChI is InChI=1S/C15H18F3NO2/c1-21-14(20)13-9-19-7-6-11(13)8-10-2-4-12(5-3-10)15(16,17)18/h2-5,11,13,19H,6-9H2,1H3/t11-,13+/m0/s1. The van der Waals surface area contributed by atoms with Crippen molar-refractivity contribution < 1.29 is 22.7 Å². The second-order valence-corrected chi connectivity index (χ2v) is 5.28. The minimum absolute atomic E-state index is 0.0930. The Morgan fingerprint density at radius 2 is 2.00 bits per heavy atom. The van der Waals surface area contributed by atoms with Crippen LogP contribution in [0.1, 0.15) is 17.5 Å². The van der Waals surface area contributed by atoms with Gasteiger partial charge in [0.25, 0.3) is 0 Å². The first-order valence-corrected chi connectivity index (χ1v) is 6.86. The van der Waals surface area contributed by atoms with Crippen molar-refractivity contribution in [1.29, 1.82) is 0 Å². The molecule has 1 fully saturated rings. The largest absolute Gasteiger partial charge is 0.469 e. The predicted octanol–water partition coefficient (Wildman–Crippen LogP) is 2.65. The molecule has 3 nitrogen and oxygen atoms in total. The first-order valence-electron chi connectivity index (χ1n) is 6.86. The van der Waals surface area contributed by atoms with E-state index in [4.69, 9.17) is 4.74 Å². The summed E-state index contributed by atoms with van der Waals surface area (Å²) < 4.78 is 42.4. The number of ether oxygens (including phenoxy) is 1. The van der Waals surface area contributed by atoms with E-state index in [0.29, 0.717) is 13.0 Å². The normalized spacial score (nSPS) is 22.9. The zero-order chi connectivity index (χ0) is 15.5. The number of carbonyl (C=O) groups is 1. The number of hydrogen-bond donors (Lipinski definition) is 1. The Morgan fingerprint density at radius 1 is 1.33 bits per heavy atom. The SMILES string of the molecule is COC(=O)[C@@H]1CNCC[C@H]1Cc1ccc(C(F)(F)F)cc1. The Hall–Kier alpha value is -1.56. The molecule has 1 N–H and O–H groups in total. The van der Waals surface area contributed by atoms with E-state index in [1.54, 1.807) is 0 Å². The second kappa shape index (κ2) is 6.47. The molecule has 116 valence electrons. The lowest BCUT2D eigenvalue weighted by molar-refractivity contribution is -0.148. The molecular weight excluding hydrogens is 283 g/mol. The van der Waals surface area contributed by atoms with Crippen LogP contribution in [0.25, 0.3) is 0 Å². The fourth-order valence-corrected chi connectivity index (χ4v) is 2.72. The molecule has 2 rings (SSSR count). The van der Waals surface area contributed by atoms with Gasteiger partial charge in [0.05, 0.1) is 18.6 Å². The van der Waals surface area contributed by atoms with Gasteiger partial charge in [-0.05, 0) is 43.0 Å². The predicted molar refractivity (Wildman–Crippen MR) is 71.6 cm³/mol. The highest BCUT2D eigenvalue weighted by atomic mass is 19.4. The van der Waals surface area contributed by atoms with Crippen LogP contribution in [0.5, 0.6) is 0 Å². The van der Waals surface area contributed by atoms with Crippen molar-refractivity contribution in [2.24, 2.45) is 11.8 Å². The van der Waals surface area contributed by atoms with Crippen LogP contribution in [0, 0.1) is 11.8 Å². The van der Waals surface area contributed by atoms with E-state index >= 15 is 0 Å². The zero-order valence-electron chi connectivity index (χ0n) is 11.7. The van der Waals surface area contributed by atoms with Gasteiger partial charge < -0.3 is 10.1 Å². The minimum atomic E-state index is -4.32. The summed E-state index contributed by atoms with van der Waals surface area (Å²) in [5, 5.41) is 3.15. The second-order valence-electron chi connectivity index (χ2n) is 5.28. The van der Waals surface area contributed by atoms with E-state index in [1.165, 1.54) is 19.2 Å². The number of nitrogens with one attached hydrogen (secondary N) is 1. The summed E-state index contributed by atoms with van der Waals surface area (Å²) in [5.41, 5.74) is 0.157. The Bertz CT molecular complexity index is 485. The van der Waals surface area contributed by atoms with E-state index in [9.17, 15) is 18.0 Å². The molecule has 1 aliphatic rings. The van der Waals surface area contributed by atoms with Gasteiger partial charge in [-0.1, -0.05) is 12.1 Å². The molecule has 0 amide bonds. The van der Waals surface area contributed by atoms with E-state index in [2.05, 4.69) is 5.32 Å². The van der Waals surface area contributed by atoms with Gasteiger partial charge in [-0.25, -0.2) is 0 Å². The number of methoxy groups -OCH3 is 1. The highest BCUT2D eigenvalue weighted by Gasteiger charge is 2.32. The van der Waals surface area contributed by atoms with Gasteiger partial charge in [-0.15, -0.1) is 0 Å². The molecule has 1 aromatic rings. The summed E-state index contributed by atoms with van der Waals surface area (Å²) in [7, 11) is 1.35. The average molecular weight is 301 g/mol. The van der Waals surface area contributed by atoms with Crippen LogP contribution in [0.15, 0.2) is 24.3 Å². The molecule has 6 heteroatoms. The minimum Gasteiger partial charge on any atom is -0.469 e. The fraction of sp³-hybridized carbons (Fsp3) is 0.533. The van der Waals surface area contributed by atoms with Gasteiger partial charge in [0.2, 0.25) is 0 Å². The Kier molecular flexibility index (Phi) is 4.88. The summed E-state index contributed by atoms with van der Waals surface area (Å²) >= 11 is 0. The molecule has 1 saturated heterocycles. The smallest absolute Gasteiger partial charge is 0.416 e. The van der Waals surface area contributed by atoms with Gasteiger partial charge in [0.15, 0.2) is 0 Å². The van der Waals surface area contributed by atoms with Gasteiger partial charge in [-0.2, -0.15) is 13.2 Å². The monoisotopic (exact) mass is 301 g/mol. The Balaban J connectivity index is 2.07. The highest BCUT2D eigenvalue weighted by molar-refractivity contribution is 5.73. The number of alkyl halides is 3. The number of esters is 1. The third-order valence-corrected chi connectivity index (χ3v) is 3.91. The van der Waals surface area contributed by atoms with Crippen LogP contribution in [-0.4, -0.2) is 26.2 Å². The van der Waals surface area contributed by atoms with Gasteiger partial charge in [0, 0.05) is 6.54 Å². The molecule has 1 aromatic carbocycles. The number of halogens is 3. The Morgan fingerprint density at radius 3 is 2.57 bits per heavy atom. The topological polar surface area (TPSA) is 38.3 Å². The number of carbonyl (C=O) groups excluding carboxylic acids is 1. The van der Waals surface area contributed by atoms with Crippen molar-refractivity contribution in [1.82, 2.24) is 5.32 Å². The molecular formula is C15H18F3NO2. The molecule has 0 spiro atoms. The maximum absolute atomic E-state index is 12.5. The molecule has 1 aliphatic heterocycles. The third-order valence-electron chi connectivity index (χ3n) is 3.91.